The number of benzene rings is 2. The molecule has 0 amide bonds. The molecule has 1 aliphatic heterocycles. The third kappa shape index (κ3) is 13.4. The summed E-state index contributed by atoms with van der Waals surface area (Å²) in [5.41, 5.74) is 2.35. The average Bonchev–Trinajstić information content (AvgIpc) is 3.29. The number of hydrogen-bond donors (Lipinski definition) is 1. The predicted molar refractivity (Wildman–Crippen MR) is 168 cm³/mol. The molecule has 1 aliphatic rings. The van der Waals surface area contributed by atoms with Gasteiger partial charge < -0.3 is 14.8 Å². The van der Waals surface area contributed by atoms with Crippen LogP contribution in [-0.2, 0) is 16.7 Å². The van der Waals surface area contributed by atoms with Gasteiger partial charge in [-0.25, -0.2) is 8.42 Å². The number of hydrogen-bond acceptors (Lipinski definition) is 5. The molecule has 41 heavy (non-hydrogen) atoms. The molecule has 1 heterocycles. The average molecular weight is 593 g/mol. The number of fused-ring (bicyclic) bond motifs is 1. The Morgan fingerprint density at radius 2 is 1.17 bits per heavy atom. The molecule has 0 spiro atoms. The predicted octanol–water partition coefficient (Wildman–Crippen LogP) is 6.78. The van der Waals surface area contributed by atoms with E-state index >= 15 is 0 Å². The normalized spacial score (nSPS) is 14.5. The number of rotatable bonds is 22. The maximum absolute atomic E-state index is 12.0. The van der Waals surface area contributed by atoms with E-state index in [4.69, 9.17) is 0 Å². The molecule has 1 unspecified atom stereocenters. The molecule has 1 N–H and O–H groups in total. The van der Waals surface area contributed by atoms with Crippen LogP contribution >= 0.6 is 0 Å². The summed E-state index contributed by atoms with van der Waals surface area (Å²) in [5, 5.41) is 3.50. The molecule has 1 atom stereocenters. The quantitative estimate of drug-likeness (QED) is 0.0927. The fraction of sp³-hybridized carbons (Fsp3) is 0.647. The minimum Gasteiger partial charge on any atom is -0.744 e. The molecular weight excluding hydrogens is 539 g/mol. The molecule has 3 rings (SSSR count). The SMILES string of the molecule is CCCCCCCCCCCCCCCCCCCCC1Nc2cccc(S(=O)(=O)[O-])c2N1Cc1ccccc1.[Na+]. The van der Waals surface area contributed by atoms with Crippen LogP contribution in [0.25, 0.3) is 0 Å². The minimum absolute atomic E-state index is 0. The number of nitrogens with one attached hydrogen (secondary N) is 1. The van der Waals surface area contributed by atoms with Crippen molar-refractivity contribution in [3.05, 3.63) is 54.1 Å². The van der Waals surface area contributed by atoms with Gasteiger partial charge in [-0.1, -0.05) is 152 Å². The van der Waals surface area contributed by atoms with Crippen molar-refractivity contribution in [2.45, 2.75) is 147 Å². The maximum atomic E-state index is 12.0. The fourth-order valence-electron chi connectivity index (χ4n) is 5.99. The fourth-order valence-corrected chi connectivity index (χ4v) is 6.70. The van der Waals surface area contributed by atoms with Gasteiger partial charge in [0.05, 0.1) is 22.4 Å². The van der Waals surface area contributed by atoms with Crippen molar-refractivity contribution in [1.29, 1.82) is 0 Å². The first-order valence-corrected chi connectivity index (χ1v) is 17.6. The largest absolute Gasteiger partial charge is 1.00 e. The Morgan fingerprint density at radius 1 is 0.683 bits per heavy atom. The van der Waals surface area contributed by atoms with E-state index in [9.17, 15) is 13.0 Å². The second-order valence-corrected chi connectivity index (χ2v) is 13.0. The summed E-state index contributed by atoms with van der Waals surface area (Å²) in [6.45, 7) is 2.85. The maximum Gasteiger partial charge on any atom is 1.00 e. The molecule has 0 aromatic heterocycles. The van der Waals surface area contributed by atoms with E-state index in [1.54, 1.807) is 6.07 Å². The van der Waals surface area contributed by atoms with Crippen LogP contribution in [0, 0.1) is 0 Å². The second-order valence-electron chi connectivity index (χ2n) is 11.7. The van der Waals surface area contributed by atoms with Crippen molar-refractivity contribution in [2.24, 2.45) is 0 Å². The van der Waals surface area contributed by atoms with Crippen LogP contribution < -0.4 is 39.8 Å². The summed E-state index contributed by atoms with van der Waals surface area (Å²) in [6, 6.07) is 15.0. The summed E-state index contributed by atoms with van der Waals surface area (Å²) in [6.07, 6.45) is 25.3. The molecule has 0 saturated carbocycles. The summed E-state index contributed by atoms with van der Waals surface area (Å²) in [4.78, 5) is 1.94. The van der Waals surface area contributed by atoms with Crippen molar-refractivity contribution < 1.29 is 42.5 Å². The topological polar surface area (TPSA) is 72.5 Å². The third-order valence-electron chi connectivity index (χ3n) is 8.28. The first-order chi connectivity index (χ1) is 19.5. The smallest absolute Gasteiger partial charge is 0.744 e. The number of para-hydroxylation sites is 1. The van der Waals surface area contributed by atoms with Crippen LogP contribution in [0.2, 0.25) is 0 Å². The van der Waals surface area contributed by atoms with Crippen molar-refractivity contribution in [3.63, 3.8) is 0 Å². The number of nitrogens with zero attached hydrogens (tertiary/aromatic N) is 1. The Bertz CT molecular complexity index is 1060. The Balaban J connectivity index is 0.00000588. The van der Waals surface area contributed by atoms with Gasteiger partial charge in [0.2, 0.25) is 0 Å². The number of unbranched alkanes of at least 4 members (excludes halogenated alkanes) is 17. The Labute approximate surface area is 273 Å². The zero-order chi connectivity index (χ0) is 28.5. The van der Waals surface area contributed by atoms with E-state index in [1.165, 1.54) is 115 Å². The summed E-state index contributed by atoms with van der Waals surface area (Å²) in [5.74, 6) is 0. The van der Waals surface area contributed by atoms with Crippen molar-refractivity contribution >= 4 is 21.5 Å². The van der Waals surface area contributed by atoms with Gasteiger partial charge >= 0.3 is 29.6 Å². The van der Waals surface area contributed by atoms with Crippen LogP contribution in [-0.4, -0.2) is 19.1 Å². The van der Waals surface area contributed by atoms with Crippen molar-refractivity contribution in [2.75, 3.05) is 10.2 Å². The van der Waals surface area contributed by atoms with Gasteiger partial charge in [0.25, 0.3) is 0 Å². The molecule has 0 radical (unpaired) electrons. The van der Waals surface area contributed by atoms with Gasteiger partial charge in [0, 0.05) is 6.54 Å². The van der Waals surface area contributed by atoms with Gasteiger partial charge in [-0.05, 0) is 30.5 Å². The van der Waals surface area contributed by atoms with E-state index in [-0.39, 0.29) is 40.6 Å². The molecule has 7 heteroatoms. The Hall–Kier alpha value is -1.05. The molecule has 0 saturated heterocycles. The van der Waals surface area contributed by atoms with Crippen LogP contribution in [0.15, 0.2) is 53.4 Å². The Morgan fingerprint density at radius 3 is 1.66 bits per heavy atom. The van der Waals surface area contributed by atoms with E-state index in [1.807, 2.05) is 36.4 Å². The van der Waals surface area contributed by atoms with Crippen LogP contribution in [0.5, 0.6) is 0 Å². The first kappa shape index (κ1) is 36.1. The van der Waals surface area contributed by atoms with Crippen molar-refractivity contribution in [3.8, 4) is 0 Å². The third-order valence-corrected chi connectivity index (χ3v) is 9.15. The summed E-state index contributed by atoms with van der Waals surface area (Å²) < 4.78 is 36.1. The standard InChI is InChI=1S/C34H54N2O3S.Na/c1-2-3-4-5-6-7-8-9-10-11-12-13-14-15-16-17-18-22-28-33-35-31-26-23-27-32(40(37,38)39)34(31)36(33)29-30-24-20-19-21-25-30;/h19-21,23-27,33,35H,2-18,22,28-29H2,1H3,(H,37,38,39);/q;+1/p-1. The van der Waals surface area contributed by atoms with Gasteiger partial charge in [-0.15, -0.1) is 0 Å². The molecule has 2 aromatic carbocycles. The molecule has 224 valence electrons. The van der Waals surface area contributed by atoms with Gasteiger partial charge in [-0.2, -0.15) is 0 Å². The Kier molecular flexibility index (Phi) is 18.3. The van der Waals surface area contributed by atoms with Crippen LogP contribution in [0.4, 0.5) is 11.4 Å². The van der Waals surface area contributed by atoms with Gasteiger partial charge in [-0.3, -0.25) is 0 Å². The zero-order valence-corrected chi connectivity index (χ0v) is 28.7. The van der Waals surface area contributed by atoms with E-state index in [0.29, 0.717) is 12.2 Å². The molecular formula is C34H53N2NaO3S. The van der Waals surface area contributed by atoms with Crippen LogP contribution in [0.1, 0.15) is 134 Å². The molecule has 0 bridgehead atoms. The monoisotopic (exact) mass is 592 g/mol. The van der Waals surface area contributed by atoms with Crippen LogP contribution in [0.3, 0.4) is 0 Å². The second kappa shape index (κ2) is 20.8. The minimum atomic E-state index is -4.56. The summed E-state index contributed by atoms with van der Waals surface area (Å²) in [7, 11) is -4.56. The molecule has 0 fully saturated rings. The van der Waals surface area contributed by atoms with Gasteiger partial charge in [0.1, 0.15) is 10.1 Å². The summed E-state index contributed by atoms with van der Waals surface area (Å²) >= 11 is 0. The van der Waals surface area contributed by atoms with E-state index < -0.39 is 10.1 Å². The first-order valence-electron chi connectivity index (χ1n) is 16.2. The number of anilines is 2. The molecule has 2 aromatic rings. The zero-order valence-electron chi connectivity index (χ0n) is 25.9. The molecule has 5 nitrogen and oxygen atoms in total. The van der Waals surface area contributed by atoms with E-state index in [2.05, 4.69) is 17.1 Å². The van der Waals surface area contributed by atoms with E-state index in [0.717, 1.165) is 24.1 Å². The van der Waals surface area contributed by atoms with Crippen molar-refractivity contribution in [1.82, 2.24) is 0 Å². The van der Waals surface area contributed by atoms with Gasteiger partial charge in [0.15, 0.2) is 0 Å². The molecule has 0 aliphatic carbocycles.